The zero-order valence-electron chi connectivity index (χ0n) is 14.1. The molecule has 126 valence electrons. The molecule has 0 N–H and O–H groups in total. The third-order valence-corrected chi connectivity index (χ3v) is 4.67. The minimum absolute atomic E-state index is 0.775. The van der Waals surface area contributed by atoms with E-state index in [-0.39, 0.29) is 0 Å². The summed E-state index contributed by atoms with van der Waals surface area (Å²) < 4.78 is 5.49. The van der Waals surface area contributed by atoms with Crippen LogP contribution in [-0.2, 0) is 24.2 Å². The van der Waals surface area contributed by atoms with Gasteiger partial charge in [0.15, 0.2) is 0 Å². The molecule has 0 unspecified atom stereocenters. The second-order valence-corrected chi connectivity index (χ2v) is 6.44. The lowest BCUT2D eigenvalue weighted by Gasteiger charge is -2.34. The lowest BCUT2D eigenvalue weighted by molar-refractivity contribution is 0.122. The molecule has 0 saturated carbocycles. The zero-order chi connectivity index (χ0) is 16.4. The fourth-order valence-electron chi connectivity index (χ4n) is 3.49. The maximum absolute atomic E-state index is 5.49. The van der Waals surface area contributed by atoms with E-state index in [1.165, 1.54) is 16.8 Å². The van der Waals surface area contributed by atoms with Gasteiger partial charge >= 0.3 is 0 Å². The van der Waals surface area contributed by atoms with E-state index in [0.717, 1.165) is 64.0 Å². The molecule has 4 heterocycles. The maximum Gasteiger partial charge on any atom is 0.137 e. The predicted octanol–water partition coefficient (Wildman–Crippen LogP) is 1.57. The van der Waals surface area contributed by atoms with Gasteiger partial charge in [0.1, 0.15) is 11.6 Å². The molecule has 6 heteroatoms. The molecule has 24 heavy (non-hydrogen) atoms. The van der Waals surface area contributed by atoms with E-state index in [1.54, 1.807) is 0 Å². The molecule has 6 nitrogen and oxygen atoms in total. The first-order valence-electron chi connectivity index (χ1n) is 8.60. The van der Waals surface area contributed by atoms with Gasteiger partial charge in [-0.25, -0.2) is 9.97 Å². The lowest BCUT2D eigenvalue weighted by atomic mass is 10.0. The number of fused-ring (bicyclic) bond motifs is 1. The second kappa shape index (κ2) is 6.83. The van der Waals surface area contributed by atoms with E-state index < -0.39 is 0 Å². The van der Waals surface area contributed by atoms with Crippen LogP contribution >= 0.6 is 0 Å². The molecular weight excluding hydrogens is 302 g/mol. The van der Waals surface area contributed by atoms with Gasteiger partial charge in [0.05, 0.1) is 18.9 Å². The van der Waals surface area contributed by atoms with Crippen LogP contribution in [0.1, 0.15) is 22.6 Å². The quantitative estimate of drug-likeness (QED) is 0.854. The summed E-state index contributed by atoms with van der Waals surface area (Å²) in [6.45, 7) is 8.21. The molecule has 2 aliphatic rings. The highest BCUT2D eigenvalue weighted by Crippen LogP contribution is 2.28. The standard InChI is InChI=1S/C18H23N5O/c1-14-20-17-4-6-22(12-15-3-2-5-19-11-15)13-16(17)18(21-14)23-7-9-24-10-8-23/h2-3,5,11H,4,6-10,12-13H2,1H3. The van der Waals surface area contributed by atoms with E-state index in [0.29, 0.717) is 0 Å². The molecule has 0 atom stereocenters. The fourth-order valence-corrected chi connectivity index (χ4v) is 3.49. The van der Waals surface area contributed by atoms with E-state index in [4.69, 9.17) is 14.7 Å². The Hall–Kier alpha value is -2.05. The first-order valence-corrected chi connectivity index (χ1v) is 8.60. The Morgan fingerprint density at radius 3 is 2.83 bits per heavy atom. The molecule has 0 bridgehead atoms. The van der Waals surface area contributed by atoms with Crippen molar-refractivity contribution in [2.24, 2.45) is 0 Å². The van der Waals surface area contributed by atoms with Crippen molar-refractivity contribution < 1.29 is 4.74 Å². The first kappa shape index (κ1) is 15.5. The Morgan fingerprint density at radius 1 is 1.17 bits per heavy atom. The van der Waals surface area contributed by atoms with Crippen LogP contribution in [0.5, 0.6) is 0 Å². The monoisotopic (exact) mass is 325 g/mol. The summed E-state index contributed by atoms with van der Waals surface area (Å²) in [6, 6.07) is 4.13. The van der Waals surface area contributed by atoms with Crippen molar-refractivity contribution in [2.45, 2.75) is 26.4 Å². The van der Waals surface area contributed by atoms with Gasteiger partial charge in [0, 0.05) is 57.1 Å². The van der Waals surface area contributed by atoms with Crippen molar-refractivity contribution in [1.82, 2.24) is 19.9 Å². The molecule has 0 amide bonds. The topological polar surface area (TPSA) is 54.4 Å². The van der Waals surface area contributed by atoms with Crippen LogP contribution in [0.4, 0.5) is 5.82 Å². The van der Waals surface area contributed by atoms with Gasteiger partial charge in [-0.15, -0.1) is 0 Å². The molecular formula is C18H23N5O. The van der Waals surface area contributed by atoms with E-state index in [9.17, 15) is 0 Å². The Labute approximate surface area is 142 Å². The molecule has 2 aromatic heterocycles. The molecule has 2 aliphatic heterocycles. The summed E-state index contributed by atoms with van der Waals surface area (Å²) in [5, 5.41) is 0. The third-order valence-electron chi connectivity index (χ3n) is 4.67. The van der Waals surface area contributed by atoms with Crippen LogP contribution < -0.4 is 4.90 Å². The number of ether oxygens (including phenoxy) is 1. The summed E-state index contributed by atoms with van der Waals surface area (Å²) in [4.78, 5) is 18.5. The van der Waals surface area contributed by atoms with Gasteiger partial charge in [-0.2, -0.15) is 0 Å². The van der Waals surface area contributed by atoms with Gasteiger partial charge in [-0.1, -0.05) is 6.07 Å². The average Bonchev–Trinajstić information content (AvgIpc) is 2.63. The molecule has 1 saturated heterocycles. The second-order valence-electron chi connectivity index (χ2n) is 6.44. The van der Waals surface area contributed by atoms with Crippen molar-refractivity contribution in [3.63, 3.8) is 0 Å². The van der Waals surface area contributed by atoms with Crippen LogP contribution in [0, 0.1) is 6.92 Å². The third kappa shape index (κ3) is 3.25. The summed E-state index contributed by atoms with van der Waals surface area (Å²) in [5.41, 5.74) is 3.76. The smallest absolute Gasteiger partial charge is 0.137 e. The van der Waals surface area contributed by atoms with E-state index in [1.807, 2.05) is 25.4 Å². The van der Waals surface area contributed by atoms with Crippen LogP contribution in [-0.4, -0.2) is 52.7 Å². The highest BCUT2D eigenvalue weighted by Gasteiger charge is 2.25. The van der Waals surface area contributed by atoms with Gasteiger partial charge < -0.3 is 9.64 Å². The average molecular weight is 325 g/mol. The highest BCUT2D eigenvalue weighted by atomic mass is 16.5. The number of anilines is 1. The van der Waals surface area contributed by atoms with Crippen molar-refractivity contribution in [1.29, 1.82) is 0 Å². The Kier molecular flexibility index (Phi) is 4.40. The molecule has 2 aromatic rings. The summed E-state index contributed by atoms with van der Waals surface area (Å²) in [6.07, 6.45) is 4.75. The summed E-state index contributed by atoms with van der Waals surface area (Å²) in [7, 11) is 0. The number of rotatable bonds is 3. The van der Waals surface area contributed by atoms with E-state index >= 15 is 0 Å². The van der Waals surface area contributed by atoms with Gasteiger partial charge in [0.2, 0.25) is 0 Å². The largest absolute Gasteiger partial charge is 0.378 e. The van der Waals surface area contributed by atoms with Crippen molar-refractivity contribution in [2.75, 3.05) is 37.7 Å². The van der Waals surface area contributed by atoms with Crippen LogP contribution in [0.25, 0.3) is 0 Å². The number of pyridine rings is 1. The van der Waals surface area contributed by atoms with Gasteiger partial charge in [-0.05, 0) is 18.6 Å². The van der Waals surface area contributed by atoms with Crippen molar-refractivity contribution in [3.8, 4) is 0 Å². The Balaban J connectivity index is 1.59. The number of aryl methyl sites for hydroxylation is 1. The Bertz CT molecular complexity index is 700. The number of hydrogen-bond donors (Lipinski definition) is 0. The molecule has 0 spiro atoms. The van der Waals surface area contributed by atoms with Crippen molar-refractivity contribution >= 4 is 5.82 Å². The maximum atomic E-state index is 5.49. The normalized spacial score (nSPS) is 18.5. The Morgan fingerprint density at radius 2 is 2.04 bits per heavy atom. The molecule has 0 aromatic carbocycles. The van der Waals surface area contributed by atoms with Gasteiger partial charge in [0.25, 0.3) is 0 Å². The summed E-state index contributed by atoms with van der Waals surface area (Å²) in [5.74, 6) is 1.98. The number of hydrogen-bond acceptors (Lipinski definition) is 6. The van der Waals surface area contributed by atoms with Crippen LogP contribution in [0.15, 0.2) is 24.5 Å². The highest BCUT2D eigenvalue weighted by molar-refractivity contribution is 5.50. The minimum Gasteiger partial charge on any atom is -0.378 e. The number of aromatic nitrogens is 3. The molecule has 1 fully saturated rings. The summed E-state index contributed by atoms with van der Waals surface area (Å²) >= 11 is 0. The zero-order valence-corrected chi connectivity index (χ0v) is 14.1. The van der Waals surface area contributed by atoms with Crippen LogP contribution in [0.2, 0.25) is 0 Å². The molecule has 4 rings (SSSR count). The lowest BCUT2D eigenvalue weighted by Crippen LogP contribution is -2.39. The predicted molar refractivity (Wildman–Crippen MR) is 91.9 cm³/mol. The minimum atomic E-state index is 0.775. The molecule has 0 radical (unpaired) electrons. The number of morpholine rings is 1. The van der Waals surface area contributed by atoms with Gasteiger partial charge in [-0.3, -0.25) is 9.88 Å². The number of nitrogens with zero attached hydrogens (tertiary/aromatic N) is 5. The van der Waals surface area contributed by atoms with E-state index in [2.05, 4.69) is 20.9 Å². The SMILES string of the molecule is Cc1nc2c(c(N3CCOCC3)n1)CN(Cc1cccnc1)CC2. The van der Waals surface area contributed by atoms with Crippen molar-refractivity contribution in [3.05, 3.63) is 47.2 Å². The van der Waals surface area contributed by atoms with Crippen LogP contribution in [0.3, 0.4) is 0 Å². The molecule has 0 aliphatic carbocycles. The first-order chi connectivity index (χ1) is 11.8. The fraction of sp³-hybridized carbons (Fsp3) is 0.500.